The predicted molar refractivity (Wildman–Crippen MR) is 90.3 cm³/mol. The van der Waals surface area contributed by atoms with Crippen LogP contribution in [-0.4, -0.2) is 26.8 Å². The van der Waals surface area contributed by atoms with Crippen molar-refractivity contribution < 1.29 is 8.42 Å². The van der Waals surface area contributed by atoms with Crippen molar-refractivity contribution in [1.29, 1.82) is 0 Å². The fourth-order valence-corrected chi connectivity index (χ4v) is 4.43. The standard InChI is InChI=1S/C15H22N2O2S2/c1-11(16-10-15(2,3)17-21(4,18)19)14-9-12-7-5-6-8-13(12)20-14/h5-9,11,16-17H,10H2,1-4H3. The Morgan fingerprint density at radius 2 is 1.95 bits per heavy atom. The van der Waals surface area contributed by atoms with Crippen LogP contribution in [0, 0.1) is 0 Å². The van der Waals surface area contributed by atoms with E-state index in [0.29, 0.717) is 6.54 Å². The van der Waals surface area contributed by atoms with Crippen molar-refractivity contribution in [2.24, 2.45) is 0 Å². The molecule has 4 nitrogen and oxygen atoms in total. The molecule has 2 aromatic rings. The summed E-state index contributed by atoms with van der Waals surface area (Å²) in [6.45, 7) is 6.41. The van der Waals surface area contributed by atoms with Gasteiger partial charge in [-0.3, -0.25) is 0 Å². The van der Waals surface area contributed by atoms with E-state index in [9.17, 15) is 8.42 Å². The molecule has 0 spiro atoms. The maximum atomic E-state index is 11.3. The Hall–Kier alpha value is -0.950. The van der Waals surface area contributed by atoms with E-state index in [1.807, 2.05) is 26.0 Å². The van der Waals surface area contributed by atoms with Gasteiger partial charge in [-0.1, -0.05) is 18.2 Å². The van der Waals surface area contributed by atoms with Crippen LogP contribution >= 0.6 is 11.3 Å². The lowest BCUT2D eigenvalue weighted by molar-refractivity contribution is 0.401. The molecular weight excluding hydrogens is 304 g/mol. The highest BCUT2D eigenvalue weighted by Crippen LogP contribution is 2.29. The largest absolute Gasteiger partial charge is 0.308 e. The molecule has 0 amide bonds. The van der Waals surface area contributed by atoms with E-state index in [2.05, 4.69) is 35.2 Å². The van der Waals surface area contributed by atoms with Gasteiger partial charge in [-0.05, 0) is 38.3 Å². The zero-order valence-corrected chi connectivity index (χ0v) is 14.4. The van der Waals surface area contributed by atoms with Gasteiger partial charge in [-0.15, -0.1) is 11.3 Å². The highest BCUT2D eigenvalue weighted by atomic mass is 32.2. The van der Waals surface area contributed by atoms with Crippen molar-refractivity contribution in [1.82, 2.24) is 10.0 Å². The Bertz CT molecular complexity index is 687. The van der Waals surface area contributed by atoms with E-state index < -0.39 is 15.6 Å². The third-order valence-electron chi connectivity index (χ3n) is 3.18. The Labute approximate surface area is 130 Å². The lowest BCUT2D eigenvalue weighted by Gasteiger charge is -2.27. The number of nitrogens with one attached hydrogen (secondary N) is 2. The quantitative estimate of drug-likeness (QED) is 0.858. The van der Waals surface area contributed by atoms with Gasteiger partial charge in [0.15, 0.2) is 0 Å². The van der Waals surface area contributed by atoms with Crippen molar-refractivity contribution >= 4 is 31.4 Å². The molecular formula is C15H22N2O2S2. The molecule has 1 heterocycles. The Balaban J connectivity index is 2.02. The maximum absolute atomic E-state index is 11.3. The van der Waals surface area contributed by atoms with E-state index in [0.717, 1.165) is 0 Å². The first-order valence-electron chi connectivity index (χ1n) is 6.87. The van der Waals surface area contributed by atoms with Gasteiger partial charge in [0.2, 0.25) is 10.0 Å². The zero-order valence-electron chi connectivity index (χ0n) is 12.8. The molecule has 116 valence electrons. The molecule has 21 heavy (non-hydrogen) atoms. The molecule has 0 aliphatic rings. The van der Waals surface area contributed by atoms with Crippen LogP contribution in [0.1, 0.15) is 31.7 Å². The van der Waals surface area contributed by atoms with Crippen LogP contribution in [-0.2, 0) is 10.0 Å². The molecule has 1 unspecified atom stereocenters. The molecule has 0 saturated heterocycles. The summed E-state index contributed by atoms with van der Waals surface area (Å²) in [6.07, 6.45) is 1.18. The second kappa shape index (κ2) is 6.04. The second-order valence-electron chi connectivity index (χ2n) is 6.05. The van der Waals surface area contributed by atoms with E-state index in [1.54, 1.807) is 11.3 Å². The van der Waals surface area contributed by atoms with Gasteiger partial charge in [0.05, 0.1) is 6.26 Å². The number of hydrogen-bond acceptors (Lipinski definition) is 4. The molecule has 1 aromatic heterocycles. The monoisotopic (exact) mass is 326 g/mol. The summed E-state index contributed by atoms with van der Waals surface area (Å²) >= 11 is 1.77. The summed E-state index contributed by atoms with van der Waals surface area (Å²) in [5.41, 5.74) is -0.515. The zero-order chi connectivity index (χ0) is 15.7. The first-order valence-corrected chi connectivity index (χ1v) is 9.58. The molecule has 0 aliphatic heterocycles. The van der Waals surface area contributed by atoms with Crippen LogP contribution in [0.4, 0.5) is 0 Å². The third kappa shape index (κ3) is 4.78. The molecule has 2 N–H and O–H groups in total. The van der Waals surface area contributed by atoms with Crippen LogP contribution < -0.4 is 10.0 Å². The average molecular weight is 326 g/mol. The van der Waals surface area contributed by atoms with Crippen molar-refractivity contribution in [3.63, 3.8) is 0 Å². The number of thiophene rings is 1. The molecule has 1 aromatic carbocycles. The average Bonchev–Trinajstić information content (AvgIpc) is 2.77. The van der Waals surface area contributed by atoms with Crippen LogP contribution in [0.2, 0.25) is 0 Å². The third-order valence-corrected chi connectivity index (χ3v) is 5.41. The molecule has 1 atom stereocenters. The first-order chi connectivity index (χ1) is 9.66. The molecule has 2 rings (SSSR count). The molecule has 0 saturated carbocycles. The number of rotatable bonds is 6. The molecule has 6 heteroatoms. The summed E-state index contributed by atoms with van der Waals surface area (Å²) in [4.78, 5) is 1.26. The van der Waals surface area contributed by atoms with Gasteiger partial charge in [0, 0.05) is 27.7 Å². The van der Waals surface area contributed by atoms with Gasteiger partial charge >= 0.3 is 0 Å². The normalized spacial score (nSPS) is 14.5. The maximum Gasteiger partial charge on any atom is 0.209 e. The van der Waals surface area contributed by atoms with Crippen LogP contribution in [0.25, 0.3) is 10.1 Å². The Morgan fingerprint density at radius 1 is 1.29 bits per heavy atom. The minimum Gasteiger partial charge on any atom is -0.308 e. The lowest BCUT2D eigenvalue weighted by Crippen LogP contribution is -2.50. The number of hydrogen-bond donors (Lipinski definition) is 2. The van der Waals surface area contributed by atoms with E-state index in [4.69, 9.17) is 0 Å². The lowest BCUT2D eigenvalue weighted by atomic mass is 10.1. The van der Waals surface area contributed by atoms with E-state index >= 15 is 0 Å². The summed E-state index contributed by atoms with van der Waals surface area (Å²) < 4.78 is 26.6. The fraction of sp³-hybridized carbons (Fsp3) is 0.467. The number of benzene rings is 1. The first kappa shape index (κ1) is 16.4. The minimum atomic E-state index is -3.20. The number of fused-ring (bicyclic) bond motifs is 1. The SMILES string of the molecule is CC(NCC(C)(C)NS(C)(=O)=O)c1cc2ccccc2s1. The molecule has 0 aliphatic carbocycles. The molecule has 0 bridgehead atoms. The summed E-state index contributed by atoms with van der Waals surface area (Å²) in [5.74, 6) is 0. The van der Waals surface area contributed by atoms with Crippen molar-refractivity contribution in [3.05, 3.63) is 35.2 Å². The van der Waals surface area contributed by atoms with Gasteiger partial charge in [0.25, 0.3) is 0 Å². The van der Waals surface area contributed by atoms with Gasteiger partial charge in [-0.25, -0.2) is 13.1 Å². The highest BCUT2D eigenvalue weighted by Gasteiger charge is 2.23. The highest BCUT2D eigenvalue weighted by molar-refractivity contribution is 7.88. The van der Waals surface area contributed by atoms with E-state index in [1.165, 1.54) is 21.2 Å². The van der Waals surface area contributed by atoms with Gasteiger partial charge < -0.3 is 5.32 Å². The van der Waals surface area contributed by atoms with Crippen LogP contribution in [0.15, 0.2) is 30.3 Å². The Kier molecular flexibility index (Phi) is 4.72. The van der Waals surface area contributed by atoms with Gasteiger partial charge in [0.1, 0.15) is 0 Å². The Morgan fingerprint density at radius 3 is 2.57 bits per heavy atom. The fourth-order valence-electron chi connectivity index (χ4n) is 2.26. The smallest absolute Gasteiger partial charge is 0.209 e. The van der Waals surface area contributed by atoms with Crippen LogP contribution in [0.5, 0.6) is 0 Å². The summed E-state index contributed by atoms with van der Waals surface area (Å²) in [7, 11) is -3.20. The topological polar surface area (TPSA) is 58.2 Å². The van der Waals surface area contributed by atoms with Crippen molar-refractivity contribution in [2.75, 3.05) is 12.8 Å². The van der Waals surface area contributed by atoms with E-state index in [-0.39, 0.29) is 6.04 Å². The molecule has 0 radical (unpaired) electrons. The van der Waals surface area contributed by atoms with Crippen LogP contribution in [0.3, 0.4) is 0 Å². The molecule has 0 fully saturated rings. The number of sulfonamides is 1. The summed E-state index contributed by atoms with van der Waals surface area (Å²) in [6, 6.07) is 10.7. The second-order valence-corrected chi connectivity index (χ2v) is 8.91. The predicted octanol–water partition coefficient (Wildman–Crippen LogP) is 2.88. The minimum absolute atomic E-state index is 0.183. The van der Waals surface area contributed by atoms with Crippen molar-refractivity contribution in [2.45, 2.75) is 32.4 Å². The summed E-state index contributed by atoms with van der Waals surface area (Å²) in [5, 5.41) is 4.66. The van der Waals surface area contributed by atoms with Gasteiger partial charge in [-0.2, -0.15) is 0 Å². The van der Waals surface area contributed by atoms with Crippen molar-refractivity contribution in [3.8, 4) is 0 Å².